The quantitative estimate of drug-likeness (QED) is 0.788. The predicted octanol–water partition coefficient (Wildman–Crippen LogP) is 1.75. The van der Waals surface area contributed by atoms with Crippen LogP contribution in [-0.4, -0.2) is 46.6 Å². The van der Waals surface area contributed by atoms with Crippen molar-refractivity contribution in [3.8, 4) is 0 Å². The highest BCUT2D eigenvalue weighted by atomic mass is 16.3. The summed E-state index contributed by atoms with van der Waals surface area (Å²) >= 11 is 0. The molecule has 0 fully saturated rings. The molecule has 1 rings (SSSR count). The fraction of sp³-hybridized carbons (Fsp3) is 0.571. The Hall–Kier alpha value is -1.62. The van der Waals surface area contributed by atoms with Gasteiger partial charge in [-0.3, -0.25) is 9.78 Å². The molecule has 0 aliphatic carbocycles. The van der Waals surface area contributed by atoms with Crippen LogP contribution in [0.25, 0.3) is 0 Å². The van der Waals surface area contributed by atoms with Crippen LogP contribution in [0.4, 0.5) is 5.69 Å². The van der Waals surface area contributed by atoms with Gasteiger partial charge in [-0.05, 0) is 39.3 Å². The highest BCUT2D eigenvalue weighted by Gasteiger charge is 2.13. The van der Waals surface area contributed by atoms with Gasteiger partial charge < -0.3 is 15.3 Å². The van der Waals surface area contributed by atoms with Crippen LogP contribution in [0.3, 0.4) is 0 Å². The molecule has 0 saturated heterocycles. The summed E-state index contributed by atoms with van der Waals surface area (Å²) in [7, 11) is 0. The topological polar surface area (TPSA) is 65.5 Å². The number of hydrogen-bond donors (Lipinski definition) is 2. The van der Waals surface area contributed by atoms with Gasteiger partial charge in [0.2, 0.25) is 0 Å². The lowest BCUT2D eigenvalue weighted by atomic mass is 10.2. The van der Waals surface area contributed by atoms with Crippen LogP contribution in [0.5, 0.6) is 0 Å². The maximum absolute atomic E-state index is 12.1. The van der Waals surface area contributed by atoms with E-state index in [1.807, 2.05) is 19.9 Å². The van der Waals surface area contributed by atoms with Gasteiger partial charge in [0, 0.05) is 31.5 Å². The van der Waals surface area contributed by atoms with E-state index >= 15 is 0 Å². The fourth-order valence-corrected chi connectivity index (χ4v) is 1.76. The third kappa shape index (κ3) is 4.87. The van der Waals surface area contributed by atoms with Crippen molar-refractivity contribution in [1.82, 2.24) is 9.88 Å². The summed E-state index contributed by atoms with van der Waals surface area (Å²) in [4.78, 5) is 18.0. The maximum atomic E-state index is 12.1. The third-order valence-electron chi connectivity index (χ3n) is 2.92. The summed E-state index contributed by atoms with van der Waals surface area (Å²) in [5, 5.41) is 12.4. The number of amides is 1. The van der Waals surface area contributed by atoms with E-state index in [4.69, 9.17) is 0 Å². The molecule has 0 radical (unpaired) electrons. The number of rotatable bonds is 7. The van der Waals surface area contributed by atoms with Gasteiger partial charge in [-0.2, -0.15) is 0 Å². The summed E-state index contributed by atoms with van der Waals surface area (Å²) < 4.78 is 0. The lowest BCUT2D eigenvalue weighted by Gasteiger charge is -2.18. The molecule has 5 heteroatoms. The Morgan fingerprint density at radius 2 is 2.16 bits per heavy atom. The smallest absolute Gasteiger partial charge is 0.272 e. The Labute approximate surface area is 114 Å². The monoisotopic (exact) mass is 265 g/mol. The molecule has 0 aliphatic heterocycles. The van der Waals surface area contributed by atoms with E-state index in [1.54, 1.807) is 24.1 Å². The minimum absolute atomic E-state index is 0.0517. The normalized spacial score (nSPS) is 12.0. The number of nitrogens with one attached hydrogen (secondary N) is 1. The standard InChI is InChI=1S/C14H23N3O2/c1-4-17(5-2)14(19)13-10-12(7-9-16-13)15-8-6-11(3)18/h7,9-11,18H,4-6,8H2,1-3H3,(H,15,16). The van der Waals surface area contributed by atoms with Gasteiger partial charge in [0.1, 0.15) is 5.69 Å². The SMILES string of the molecule is CCN(CC)C(=O)c1cc(NCCC(C)O)ccn1. The van der Waals surface area contributed by atoms with E-state index < -0.39 is 0 Å². The zero-order chi connectivity index (χ0) is 14.3. The average molecular weight is 265 g/mol. The van der Waals surface area contributed by atoms with E-state index in [0.29, 0.717) is 31.7 Å². The molecule has 1 amide bonds. The second-order valence-corrected chi connectivity index (χ2v) is 4.47. The molecule has 5 nitrogen and oxygen atoms in total. The molecule has 106 valence electrons. The minimum atomic E-state index is -0.328. The number of nitrogens with zero attached hydrogens (tertiary/aromatic N) is 2. The molecule has 1 heterocycles. The lowest BCUT2D eigenvalue weighted by Crippen LogP contribution is -2.31. The van der Waals surface area contributed by atoms with Crippen molar-refractivity contribution in [3.05, 3.63) is 24.0 Å². The predicted molar refractivity (Wildman–Crippen MR) is 76.3 cm³/mol. The van der Waals surface area contributed by atoms with Crippen molar-refractivity contribution in [3.63, 3.8) is 0 Å². The highest BCUT2D eigenvalue weighted by Crippen LogP contribution is 2.10. The van der Waals surface area contributed by atoms with Crippen LogP contribution in [0.1, 0.15) is 37.7 Å². The van der Waals surface area contributed by atoms with Crippen molar-refractivity contribution in [2.75, 3.05) is 25.0 Å². The highest BCUT2D eigenvalue weighted by molar-refractivity contribution is 5.93. The first kappa shape index (κ1) is 15.4. The van der Waals surface area contributed by atoms with E-state index in [9.17, 15) is 9.90 Å². The van der Waals surface area contributed by atoms with E-state index in [2.05, 4.69) is 10.3 Å². The number of aromatic nitrogens is 1. The van der Waals surface area contributed by atoms with Crippen molar-refractivity contribution < 1.29 is 9.90 Å². The van der Waals surface area contributed by atoms with Crippen LogP contribution >= 0.6 is 0 Å². The Bertz CT molecular complexity index is 403. The molecule has 19 heavy (non-hydrogen) atoms. The van der Waals surface area contributed by atoms with Crippen LogP contribution in [0.2, 0.25) is 0 Å². The summed E-state index contributed by atoms with van der Waals surface area (Å²) in [6, 6.07) is 3.57. The molecule has 1 aromatic heterocycles. The van der Waals surface area contributed by atoms with Gasteiger partial charge in [-0.25, -0.2) is 0 Å². The number of anilines is 1. The maximum Gasteiger partial charge on any atom is 0.272 e. The number of pyridine rings is 1. The van der Waals surface area contributed by atoms with Crippen molar-refractivity contribution in [2.45, 2.75) is 33.3 Å². The molecule has 1 aromatic rings. The average Bonchev–Trinajstić information content (AvgIpc) is 2.40. The van der Waals surface area contributed by atoms with Crippen LogP contribution in [0, 0.1) is 0 Å². The molecule has 2 N–H and O–H groups in total. The Morgan fingerprint density at radius 1 is 1.47 bits per heavy atom. The number of carbonyl (C=O) groups excluding carboxylic acids is 1. The second kappa shape index (κ2) is 7.74. The molecule has 1 unspecified atom stereocenters. The van der Waals surface area contributed by atoms with Gasteiger partial charge in [0.25, 0.3) is 5.91 Å². The Kier molecular flexibility index (Phi) is 6.29. The fourth-order valence-electron chi connectivity index (χ4n) is 1.76. The van der Waals surface area contributed by atoms with Crippen LogP contribution in [0.15, 0.2) is 18.3 Å². The van der Waals surface area contributed by atoms with Gasteiger partial charge in [0.05, 0.1) is 6.10 Å². The zero-order valence-electron chi connectivity index (χ0n) is 11.9. The number of carbonyl (C=O) groups is 1. The summed E-state index contributed by atoms with van der Waals surface area (Å²) in [5.74, 6) is -0.0517. The summed E-state index contributed by atoms with van der Waals surface area (Å²) in [5.41, 5.74) is 1.30. The molecule has 0 aromatic carbocycles. The summed E-state index contributed by atoms with van der Waals surface area (Å²) in [6.45, 7) is 7.68. The second-order valence-electron chi connectivity index (χ2n) is 4.47. The van der Waals surface area contributed by atoms with Crippen LogP contribution < -0.4 is 5.32 Å². The molecular weight excluding hydrogens is 242 g/mol. The number of aliphatic hydroxyl groups is 1. The van der Waals surface area contributed by atoms with Crippen molar-refractivity contribution in [1.29, 1.82) is 0 Å². The Morgan fingerprint density at radius 3 is 2.74 bits per heavy atom. The number of aliphatic hydroxyl groups excluding tert-OH is 1. The third-order valence-corrected chi connectivity index (χ3v) is 2.92. The zero-order valence-corrected chi connectivity index (χ0v) is 11.9. The van der Waals surface area contributed by atoms with E-state index in [-0.39, 0.29) is 12.0 Å². The molecule has 0 spiro atoms. The lowest BCUT2D eigenvalue weighted by molar-refractivity contribution is 0.0767. The first-order valence-electron chi connectivity index (χ1n) is 6.75. The number of hydrogen-bond acceptors (Lipinski definition) is 4. The van der Waals surface area contributed by atoms with Gasteiger partial charge in [0.15, 0.2) is 0 Å². The van der Waals surface area contributed by atoms with E-state index in [0.717, 1.165) is 5.69 Å². The first-order chi connectivity index (χ1) is 9.08. The molecule has 0 bridgehead atoms. The largest absolute Gasteiger partial charge is 0.393 e. The van der Waals surface area contributed by atoms with Gasteiger partial charge in [-0.1, -0.05) is 0 Å². The van der Waals surface area contributed by atoms with Crippen LogP contribution in [-0.2, 0) is 0 Å². The van der Waals surface area contributed by atoms with Crippen molar-refractivity contribution >= 4 is 11.6 Å². The molecular formula is C14H23N3O2. The molecule has 0 aliphatic rings. The van der Waals surface area contributed by atoms with Crippen molar-refractivity contribution in [2.24, 2.45) is 0 Å². The van der Waals surface area contributed by atoms with Gasteiger partial charge in [-0.15, -0.1) is 0 Å². The minimum Gasteiger partial charge on any atom is -0.393 e. The summed E-state index contributed by atoms with van der Waals surface area (Å²) in [6.07, 6.45) is 1.97. The molecule has 1 atom stereocenters. The first-order valence-corrected chi connectivity index (χ1v) is 6.75. The van der Waals surface area contributed by atoms with E-state index in [1.165, 1.54) is 0 Å². The molecule has 0 saturated carbocycles. The van der Waals surface area contributed by atoms with Gasteiger partial charge >= 0.3 is 0 Å². The Balaban J connectivity index is 2.68.